The molecule has 16 heavy (non-hydrogen) atoms. The van der Waals surface area contributed by atoms with Crippen molar-refractivity contribution in [2.45, 2.75) is 19.4 Å². The minimum absolute atomic E-state index is 0.136. The molecule has 4 heteroatoms. The van der Waals surface area contributed by atoms with Gasteiger partial charge in [0.2, 0.25) is 0 Å². The van der Waals surface area contributed by atoms with E-state index >= 15 is 0 Å². The number of aryl methyl sites for hydroxylation is 1. The number of esters is 1. The Morgan fingerprint density at radius 1 is 1.38 bits per heavy atom. The number of hydrogen-bond donors (Lipinski definition) is 1. The lowest BCUT2D eigenvalue weighted by atomic mass is 10.1. The van der Waals surface area contributed by atoms with Crippen molar-refractivity contribution in [3.05, 3.63) is 29.8 Å². The summed E-state index contributed by atoms with van der Waals surface area (Å²) in [6, 6.07) is 7.34. The first-order chi connectivity index (χ1) is 7.45. The molecule has 1 aromatic carbocycles. The van der Waals surface area contributed by atoms with E-state index in [0.29, 0.717) is 5.75 Å². The highest BCUT2D eigenvalue weighted by molar-refractivity contribution is 5.78. The van der Waals surface area contributed by atoms with E-state index in [1.165, 1.54) is 14.0 Å². The predicted octanol–water partition coefficient (Wildman–Crippen LogP) is 1.30. The van der Waals surface area contributed by atoms with Gasteiger partial charge in [0, 0.05) is 0 Å². The maximum absolute atomic E-state index is 11.2. The van der Waals surface area contributed by atoms with Gasteiger partial charge in [-0.2, -0.15) is 0 Å². The maximum atomic E-state index is 11.2. The number of methoxy groups -OCH3 is 1. The van der Waals surface area contributed by atoms with E-state index in [2.05, 4.69) is 4.74 Å². The minimum atomic E-state index is -1.63. The second-order valence-electron chi connectivity index (χ2n) is 3.87. The summed E-state index contributed by atoms with van der Waals surface area (Å²) in [6.07, 6.45) is 0. The number of benzene rings is 1. The van der Waals surface area contributed by atoms with Gasteiger partial charge in [-0.25, -0.2) is 4.79 Å². The summed E-state index contributed by atoms with van der Waals surface area (Å²) in [5, 5.41) is 9.70. The normalized spacial score (nSPS) is 14.0. The van der Waals surface area contributed by atoms with Gasteiger partial charge < -0.3 is 14.6 Å². The van der Waals surface area contributed by atoms with Crippen LogP contribution in [0.5, 0.6) is 5.75 Å². The van der Waals surface area contributed by atoms with Crippen molar-refractivity contribution in [3.63, 3.8) is 0 Å². The third-order valence-electron chi connectivity index (χ3n) is 2.17. The fraction of sp³-hybridized carbons (Fsp3) is 0.417. The van der Waals surface area contributed by atoms with Crippen molar-refractivity contribution in [1.82, 2.24) is 0 Å². The number of hydrogen-bond acceptors (Lipinski definition) is 4. The number of rotatable bonds is 4. The van der Waals surface area contributed by atoms with Crippen molar-refractivity contribution in [1.29, 1.82) is 0 Å². The smallest absolute Gasteiger partial charge is 0.341 e. The van der Waals surface area contributed by atoms with Gasteiger partial charge in [0.1, 0.15) is 12.4 Å². The standard InChI is InChI=1S/C12H16O4/c1-9-4-6-10(7-5-9)16-8-12(2,14)11(13)15-3/h4-7,14H,8H2,1-3H3. The lowest BCUT2D eigenvalue weighted by Gasteiger charge is -2.20. The van der Waals surface area contributed by atoms with Gasteiger partial charge in [0.25, 0.3) is 0 Å². The molecule has 1 aromatic rings. The van der Waals surface area contributed by atoms with E-state index in [9.17, 15) is 9.90 Å². The van der Waals surface area contributed by atoms with Crippen LogP contribution in [0.1, 0.15) is 12.5 Å². The van der Waals surface area contributed by atoms with E-state index in [0.717, 1.165) is 5.56 Å². The quantitative estimate of drug-likeness (QED) is 0.783. The molecule has 0 aliphatic carbocycles. The van der Waals surface area contributed by atoms with Crippen molar-refractivity contribution in [2.75, 3.05) is 13.7 Å². The van der Waals surface area contributed by atoms with Crippen LogP contribution in [0.25, 0.3) is 0 Å². The molecule has 1 rings (SSSR count). The molecule has 0 bridgehead atoms. The van der Waals surface area contributed by atoms with Crippen LogP contribution < -0.4 is 4.74 Å². The Morgan fingerprint density at radius 2 is 1.94 bits per heavy atom. The Balaban J connectivity index is 2.57. The molecule has 1 atom stereocenters. The molecule has 0 saturated carbocycles. The van der Waals surface area contributed by atoms with Crippen molar-refractivity contribution >= 4 is 5.97 Å². The van der Waals surface area contributed by atoms with Crippen LogP contribution in [0.4, 0.5) is 0 Å². The fourth-order valence-corrected chi connectivity index (χ4v) is 1.14. The molecule has 0 aliphatic heterocycles. The largest absolute Gasteiger partial charge is 0.490 e. The van der Waals surface area contributed by atoms with Crippen LogP contribution in [0, 0.1) is 6.92 Å². The first-order valence-corrected chi connectivity index (χ1v) is 4.96. The molecule has 0 fully saturated rings. The zero-order valence-electron chi connectivity index (χ0n) is 9.69. The van der Waals surface area contributed by atoms with Crippen LogP contribution >= 0.6 is 0 Å². The first kappa shape index (κ1) is 12.5. The summed E-state index contributed by atoms with van der Waals surface area (Å²) in [5.41, 5.74) is -0.508. The monoisotopic (exact) mass is 224 g/mol. The highest BCUT2D eigenvalue weighted by atomic mass is 16.6. The van der Waals surface area contributed by atoms with Crippen LogP contribution in [-0.2, 0) is 9.53 Å². The van der Waals surface area contributed by atoms with Gasteiger partial charge >= 0.3 is 5.97 Å². The van der Waals surface area contributed by atoms with Gasteiger partial charge in [0.15, 0.2) is 5.60 Å². The third-order valence-corrected chi connectivity index (χ3v) is 2.17. The summed E-state index contributed by atoms with van der Waals surface area (Å²) in [6.45, 7) is 3.18. The molecular weight excluding hydrogens is 208 g/mol. The Bertz CT molecular complexity index is 354. The van der Waals surface area contributed by atoms with E-state index < -0.39 is 11.6 Å². The predicted molar refractivity (Wildman–Crippen MR) is 59.3 cm³/mol. The molecule has 4 nitrogen and oxygen atoms in total. The third kappa shape index (κ3) is 3.24. The lowest BCUT2D eigenvalue weighted by Crippen LogP contribution is -2.42. The molecular formula is C12H16O4. The molecule has 0 spiro atoms. The Labute approximate surface area is 94.8 Å². The van der Waals surface area contributed by atoms with Crippen LogP contribution in [0.2, 0.25) is 0 Å². The van der Waals surface area contributed by atoms with Crippen molar-refractivity contribution < 1.29 is 19.4 Å². The summed E-state index contributed by atoms with van der Waals surface area (Å²) >= 11 is 0. The maximum Gasteiger partial charge on any atom is 0.341 e. The molecule has 1 N–H and O–H groups in total. The second-order valence-corrected chi connectivity index (χ2v) is 3.87. The summed E-state index contributed by atoms with van der Waals surface area (Å²) < 4.78 is 9.75. The molecule has 0 saturated heterocycles. The van der Waals surface area contributed by atoms with E-state index in [-0.39, 0.29) is 6.61 Å². The highest BCUT2D eigenvalue weighted by Crippen LogP contribution is 2.14. The fourth-order valence-electron chi connectivity index (χ4n) is 1.14. The van der Waals surface area contributed by atoms with Gasteiger partial charge in [0.05, 0.1) is 7.11 Å². The molecule has 0 aliphatic rings. The topological polar surface area (TPSA) is 55.8 Å². The van der Waals surface area contributed by atoms with Gasteiger partial charge in [-0.1, -0.05) is 17.7 Å². The second kappa shape index (κ2) is 4.99. The van der Waals surface area contributed by atoms with Gasteiger partial charge in [-0.15, -0.1) is 0 Å². The zero-order chi connectivity index (χ0) is 12.2. The van der Waals surface area contributed by atoms with Crippen LogP contribution in [0.15, 0.2) is 24.3 Å². The summed E-state index contributed by atoms with van der Waals surface area (Å²) in [4.78, 5) is 11.2. The van der Waals surface area contributed by atoms with Crippen LogP contribution in [0.3, 0.4) is 0 Å². The van der Waals surface area contributed by atoms with E-state index in [4.69, 9.17) is 4.74 Å². The zero-order valence-corrected chi connectivity index (χ0v) is 9.69. The molecule has 0 aromatic heterocycles. The number of carbonyl (C=O) groups excluding carboxylic acids is 1. The average Bonchev–Trinajstić information content (AvgIpc) is 2.27. The SMILES string of the molecule is COC(=O)C(C)(O)COc1ccc(C)cc1. The molecule has 0 amide bonds. The van der Waals surface area contributed by atoms with Crippen molar-refractivity contribution in [2.24, 2.45) is 0 Å². The lowest BCUT2D eigenvalue weighted by molar-refractivity contribution is -0.163. The Morgan fingerprint density at radius 3 is 2.44 bits per heavy atom. The number of carbonyl (C=O) groups is 1. The molecule has 0 radical (unpaired) electrons. The highest BCUT2D eigenvalue weighted by Gasteiger charge is 2.32. The summed E-state index contributed by atoms with van der Waals surface area (Å²) in [7, 11) is 1.22. The minimum Gasteiger partial charge on any atom is -0.490 e. The average molecular weight is 224 g/mol. The van der Waals surface area contributed by atoms with Gasteiger partial charge in [-0.05, 0) is 26.0 Å². The van der Waals surface area contributed by atoms with Crippen LogP contribution in [-0.4, -0.2) is 30.4 Å². The Kier molecular flexibility index (Phi) is 3.90. The molecule has 88 valence electrons. The Hall–Kier alpha value is -1.55. The molecule has 0 heterocycles. The van der Waals surface area contributed by atoms with E-state index in [1.807, 2.05) is 19.1 Å². The number of ether oxygens (including phenoxy) is 2. The summed E-state index contributed by atoms with van der Waals surface area (Å²) in [5.74, 6) is -0.102. The van der Waals surface area contributed by atoms with E-state index in [1.54, 1.807) is 12.1 Å². The first-order valence-electron chi connectivity index (χ1n) is 4.96. The molecule has 1 unspecified atom stereocenters. The number of aliphatic hydroxyl groups is 1. The van der Waals surface area contributed by atoms with Crippen molar-refractivity contribution in [3.8, 4) is 5.75 Å². The van der Waals surface area contributed by atoms with Gasteiger partial charge in [-0.3, -0.25) is 0 Å².